The van der Waals surface area contributed by atoms with E-state index in [0.717, 1.165) is 59.2 Å². The molecule has 37 heavy (non-hydrogen) atoms. The van der Waals surface area contributed by atoms with Crippen LogP contribution in [0.3, 0.4) is 0 Å². The van der Waals surface area contributed by atoms with Gasteiger partial charge in [-0.2, -0.15) is 13.2 Å². The van der Waals surface area contributed by atoms with Crippen LogP contribution in [0.2, 0.25) is 0 Å². The quantitative estimate of drug-likeness (QED) is 0.260. The number of rotatable bonds is 5. The van der Waals surface area contributed by atoms with Gasteiger partial charge in [0, 0.05) is 11.1 Å². The normalized spacial score (nSPS) is 14.2. The Labute approximate surface area is 216 Å². The molecular formula is C32H29F3O2. The van der Waals surface area contributed by atoms with Crippen LogP contribution in [0.25, 0.3) is 5.57 Å². The third kappa shape index (κ3) is 5.49. The summed E-state index contributed by atoms with van der Waals surface area (Å²) in [5.74, 6) is 5.99. The number of hydrogen-bond donors (Lipinski definition) is 0. The molecule has 5 heteroatoms. The molecule has 1 aliphatic carbocycles. The summed E-state index contributed by atoms with van der Waals surface area (Å²) >= 11 is 0. The van der Waals surface area contributed by atoms with Gasteiger partial charge in [0.05, 0.1) is 17.7 Å². The lowest BCUT2D eigenvalue weighted by Crippen LogP contribution is -2.28. The van der Waals surface area contributed by atoms with E-state index in [1.165, 1.54) is 5.56 Å². The van der Waals surface area contributed by atoms with Gasteiger partial charge in [-0.25, -0.2) is 4.79 Å². The fourth-order valence-electron chi connectivity index (χ4n) is 4.90. The third-order valence-corrected chi connectivity index (χ3v) is 7.20. The minimum Gasteiger partial charge on any atom is -0.462 e. The maximum absolute atomic E-state index is 13.1. The first-order valence-corrected chi connectivity index (χ1v) is 12.5. The van der Waals surface area contributed by atoms with E-state index in [4.69, 9.17) is 4.74 Å². The number of esters is 1. The van der Waals surface area contributed by atoms with Gasteiger partial charge in [0.15, 0.2) is 0 Å². The summed E-state index contributed by atoms with van der Waals surface area (Å²) in [5, 5.41) is 0. The van der Waals surface area contributed by atoms with E-state index in [1.807, 2.05) is 12.1 Å². The van der Waals surface area contributed by atoms with Gasteiger partial charge in [-0.1, -0.05) is 50.0 Å². The average molecular weight is 503 g/mol. The Balaban J connectivity index is 1.70. The van der Waals surface area contributed by atoms with Crippen molar-refractivity contribution in [2.45, 2.75) is 51.6 Å². The van der Waals surface area contributed by atoms with E-state index in [0.29, 0.717) is 12.2 Å². The molecular weight excluding hydrogens is 473 g/mol. The minimum atomic E-state index is -4.37. The van der Waals surface area contributed by atoms with Crippen LogP contribution >= 0.6 is 0 Å². The first kappa shape index (κ1) is 26.3. The van der Waals surface area contributed by atoms with E-state index < -0.39 is 11.7 Å². The number of halogens is 3. The monoisotopic (exact) mass is 502 g/mol. The van der Waals surface area contributed by atoms with Crippen LogP contribution < -0.4 is 0 Å². The van der Waals surface area contributed by atoms with Crippen LogP contribution in [-0.2, 0) is 16.3 Å². The van der Waals surface area contributed by atoms with Gasteiger partial charge in [0.2, 0.25) is 0 Å². The highest BCUT2D eigenvalue weighted by Gasteiger charge is 2.34. The van der Waals surface area contributed by atoms with E-state index in [1.54, 1.807) is 43.3 Å². The zero-order chi connectivity index (χ0) is 26.6. The van der Waals surface area contributed by atoms with Crippen LogP contribution in [0.15, 0.2) is 72.8 Å². The number of hydrogen-bond acceptors (Lipinski definition) is 2. The second-order valence-electron chi connectivity index (χ2n) is 9.19. The van der Waals surface area contributed by atoms with E-state index in [-0.39, 0.29) is 11.4 Å². The molecule has 0 saturated heterocycles. The van der Waals surface area contributed by atoms with Gasteiger partial charge in [-0.15, -0.1) is 0 Å². The van der Waals surface area contributed by atoms with Crippen molar-refractivity contribution < 1.29 is 22.7 Å². The largest absolute Gasteiger partial charge is 0.462 e. The Hall–Kier alpha value is -3.78. The lowest BCUT2D eigenvalue weighted by Gasteiger charge is -2.37. The molecule has 0 N–H and O–H groups in total. The number of fused-ring (bicyclic) bond motifs is 1. The molecule has 0 bridgehead atoms. The molecule has 1 aliphatic rings. The van der Waals surface area contributed by atoms with Crippen molar-refractivity contribution in [2.75, 3.05) is 6.61 Å². The Bertz CT molecular complexity index is 1360. The molecule has 2 nitrogen and oxygen atoms in total. The third-order valence-electron chi connectivity index (χ3n) is 7.20. The van der Waals surface area contributed by atoms with Crippen molar-refractivity contribution in [3.8, 4) is 11.8 Å². The molecule has 0 amide bonds. The van der Waals surface area contributed by atoms with Crippen LogP contribution in [0.4, 0.5) is 13.2 Å². The fraction of sp³-hybridized carbons (Fsp3) is 0.281. The van der Waals surface area contributed by atoms with Crippen LogP contribution in [0, 0.1) is 11.8 Å². The van der Waals surface area contributed by atoms with Crippen LogP contribution in [0.1, 0.15) is 83.8 Å². The van der Waals surface area contributed by atoms with Gasteiger partial charge in [0.25, 0.3) is 0 Å². The Morgan fingerprint density at radius 1 is 0.892 bits per heavy atom. The van der Waals surface area contributed by atoms with Crippen molar-refractivity contribution in [1.29, 1.82) is 0 Å². The van der Waals surface area contributed by atoms with E-state index in [9.17, 15) is 18.0 Å². The summed E-state index contributed by atoms with van der Waals surface area (Å²) < 4.78 is 44.4. The maximum Gasteiger partial charge on any atom is 0.416 e. The predicted octanol–water partition coefficient (Wildman–Crippen LogP) is 8.18. The van der Waals surface area contributed by atoms with Crippen LogP contribution in [-0.4, -0.2) is 12.6 Å². The summed E-state index contributed by atoms with van der Waals surface area (Å²) in [5.41, 5.74) is 5.30. The highest BCUT2D eigenvalue weighted by molar-refractivity contribution is 5.89. The van der Waals surface area contributed by atoms with E-state index >= 15 is 0 Å². The van der Waals surface area contributed by atoms with Crippen molar-refractivity contribution >= 4 is 11.5 Å². The molecule has 0 saturated carbocycles. The maximum atomic E-state index is 13.1. The molecule has 3 aromatic rings. The predicted molar refractivity (Wildman–Crippen MR) is 140 cm³/mol. The lowest BCUT2D eigenvalue weighted by molar-refractivity contribution is -0.137. The lowest BCUT2D eigenvalue weighted by atomic mass is 9.66. The summed E-state index contributed by atoms with van der Waals surface area (Å²) in [6.45, 7) is 6.44. The summed E-state index contributed by atoms with van der Waals surface area (Å²) in [7, 11) is 0. The van der Waals surface area contributed by atoms with Crippen molar-refractivity contribution in [1.82, 2.24) is 0 Å². The zero-order valence-corrected chi connectivity index (χ0v) is 21.2. The molecule has 0 aliphatic heterocycles. The standard InChI is InChI=1S/C32H29F3O2/c1-4-31(5-2)20-19-27(24-14-16-26(17-15-24)32(33,34)35)28-21-23(11-18-29(28)31)8-7-22-9-12-25(13-10-22)30(36)37-6-3/h9-19,21H,4-6,20H2,1-3H3. The first-order chi connectivity index (χ1) is 17.7. The fourth-order valence-corrected chi connectivity index (χ4v) is 4.90. The first-order valence-electron chi connectivity index (χ1n) is 12.5. The summed E-state index contributed by atoms with van der Waals surface area (Å²) in [6, 6.07) is 18.5. The Kier molecular flexibility index (Phi) is 7.59. The minimum absolute atomic E-state index is 0.0143. The molecule has 0 radical (unpaired) electrons. The number of benzene rings is 3. The number of alkyl halides is 3. The molecule has 190 valence electrons. The SMILES string of the molecule is CCOC(=O)c1ccc(C#Cc2ccc3c(c2)C(c2ccc(C(F)(F)F)cc2)=CCC3(CC)CC)cc1. The molecule has 0 atom stereocenters. The molecule has 0 fully saturated rings. The highest BCUT2D eigenvalue weighted by atomic mass is 19.4. The van der Waals surface area contributed by atoms with Crippen molar-refractivity contribution in [3.63, 3.8) is 0 Å². The number of carbonyl (C=O) groups is 1. The molecule has 0 spiro atoms. The van der Waals surface area contributed by atoms with Crippen LogP contribution in [0.5, 0.6) is 0 Å². The van der Waals surface area contributed by atoms with Crippen molar-refractivity contribution in [3.05, 3.63) is 112 Å². The highest BCUT2D eigenvalue weighted by Crippen LogP contribution is 2.46. The molecule has 0 aromatic heterocycles. The molecule has 0 heterocycles. The topological polar surface area (TPSA) is 26.3 Å². The average Bonchev–Trinajstić information content (AvgIpc) is 2.91. The second-order valence-corrected chi connectivity index (χ2v) is 9.19. The zero-order valence-electron chi connectivity index (χ0n) is 21.2. The molecule has 0 unspecified atom stereocenters. The Morgan fingerprint density at radius 2 is 1.51 bits per heavy atom. The summed E-state index contributed by atoms with van der Waals surface area (Å²) in [4.78, 5) is 11.9. The van der Waals surface area contributed by atoms with Gasteiger partial charge in [-0.3, -0.25) is 0 Å². The molecule has 3 aromatic carbocycles. The summed E-state index contributed by atoms with van der Waals surface area (Å²) in [6.07, 6.45) is 0.551. The van der Waals surface area contributed by atoms with Gasteiger partial charge >= 0.3 is 12.1 Å². The number of ether oxygens (including phenoxy) is 1. The smallest absolute Gasteiger partial charge is 0.416 e. The Morgan fingerprint density at radius 3 is 2.11 bits per heavy atom. The number of allylic oxidation sites excluding steroid dienone is 1. The van der Waals surface area contributed by atoms with Gasteiger partial charge in [-0.05, 0) is 102 Å². The number of carbonyl (C=O) groups excluding carboxylic acids is 1. The second kappa shape index (κ2) is 10.7. The van der Waals surface area contributed by atoms with Gasteiger partial charge < -0.3 is 4.74 Å². The molecule has 4 rings (SSSR count). The van der Waals surface area contributed by atoms with Crippen molar-refractivity contribution in [2.24, 2.45) is 0 Å². The van der Waals surface area contributed by atoms with E-state index in [2.05, 4.69) is 37.8 Å². The van der Waals surface area contributed by atoms with Gasteiger partial charge in [0.1, 0.15) is 0 Å².